The van der Waals surface area contributed by atoms with Crippen LogP contribution >= 0.6 is 23.2 Å². The van der Waals surface area contributed by atoms with Crippen molar-refractivity contribution < 1.29 is 5.11 Å². The Morgan fingerprint density at radius 1 is 1.33 bits per heavy atom. The fraction of sp³-hybridized carbons (Fsp3) is 0. The number of halogens is 2. The van der Waals surface area contributed by atoms with Gasteiger partial charge in [0.25, 0.3) is 0 Å². The van der Waals surface area contributed by atoms with E-state index >= 15 is 0 Å². The number of phenols is 1. The third kappa shape index (κ3) is 1.74. The van der Waals surface area contributed by atoms with E-state index < -0.39 is 0 Å². The minimum absolute atomic E-state index is 0.0601. The second kappa shape index (κ2) is 3.54. The van der Waals surface area contributed by atoms with E-state index in [0.717, 1.165) is 0 Å². The van der Waals surface area contributed by atoms with Crippen LogP contribution in [0.3, 0.4) is 0 Å². The second-order valence-electron chi connectivity index (χ2n) is 1.95. The average molecular weight is 204 g/mol. The normalized spacial score (nSPS) is 9.17. The molecule has 0 aliphatic heterocycles. The van der Waals surface area contributed by atoms with Gasteiger partial charge in [0.15, 0.2) is 5.75 Å². The number of phenolic OH excluding ortho intramolecular Hbond substituents is 1. The number of nitrogens with zero attached hydrogens (tertiary/aromatic N) is 3. The molecule has 4 nitrogen and oxygen atoms in total. The first-order chi connectivity index (χ1) is 5.65. The summed E-state index contributed by atoms with van der Waals surface area (Å²) in [7, 11) is 0. The Bertz CT molecular complexity index is 337. The maximum absolute atomic E-state index is 9.10. The standard InChI is InChI=1S/C6H3Cl2N3O/c7-4-1-3(10-11-9)2-5(8)6(4)12/h1-2,12H. The fourth-order valence-electron chi connectivity index (χ4n) is 0.662. The van der Waals surface area contributed by atoms with Gasteiger partial charge in [0, 0.05) is 10.6 Å². The van der Waals surface area contributed by atoms with Gasteiger partial charge >= 0.3 is 0 Å². The maximum Gasteiger partial charge on any atom is 0.152 e. The Labute approximate surface area is 78.0 Å². The first-order valence-corrected chi connectivity index (χ1v) is 3.64. The minimum atomic E-state index is -0.213. The largest absolute Gasteiger partial charge is 0.505 e. The lowest BCUT2D eigenvalue weighted by molar-refractivity contribution is 0.476. The molecule has 0 saturated carbocycles. The predicted octanol–water partition coefficient (Wildman–Crippen LogP) is 3.64. The van der Waals surface area contributed by atoms with Crippen LogP contribution in [0.4, 0.5) is 5.69 Å². The van der Waals surface area contributed by atoms with E-state index in [1.165, 1.54) is 12.1 Å². The third-order valence-corrected chi connectivity index (χ3v) is 1.74. The van der Waals surface area contributed by atoms with Crippen molar-refractivity contribution in [1.29, 1.82) is 0 Å². The summed E-state index contributed by atoms with van der Waals surface area (Å²) in [5.74, 6) is -0.213. The first-order valence-electron chi connectivity index (χ1n) is 2.88. The van der Waals surface area contributed by atoms with Crippen molar-refractivity contribution in [2.24, 2.45) is 5.11 Å². The van der Waals surface area contributed by atoms with Crippen molar-refractivity contribution in [3.05, 3.63) is 32.6 Å². The number of azide groups is 1. The average Bonchev–Trinajstić information content (AvgIpc) is 2.01. The molecule has 0 heterocycles. The summed E-state index contributed by atoms with van der Waals surface area (Å²) >= 11 is 11.1. The molecular formula is C6H3Cl2N3O. The molecule has 1 aromatic rings. The van der Waals surface area contributed by atoms with Crippen LogP contribution in [0.2, 0.25) is 10.0 Å². The van der Waals surface area contributed by atoms with Crippen LogP contribution in [-0.4, -0.2) is 5.11 Å². The van der Waals surface area contributed by atoms with Crippen LogP contribution in [-0.2, 0) is 0 Å². The van der Waals surface area contributed by atoms with E-state index in [9.17, 15) is 0 Å². The molecule has 0 radical (unpaired) electrons. The summed E-state index contributed by atoms with van der Waals surface area (Å²) in [6.45, 7) is 0. The molecule has 62 valence electrons. The molecular weight excluding hydrogens is 201 g/mol. The molecule has 0 aromatic heterocycles. The molecule has 12 heavy (non-hydrogen) atoms. The Kier molecular flexibility index (Phi) is 2.65. The molecule has 6 heteroatoms. The lowest BCUT2D eigenvalue weighted by Crippen LogP contribution is -1.70. The van der Waals surface area contributed by atoms with E-state index in [0.29, 0.717) is 0 Å². The Balaban J connectivity index is 3.30. The van der Waals surface area contributed by atoms with Gasteiger partial charge in [0.2, 0.25) is 0 Å². The van der Waals surface area contributed by atoms with Crippen molar-refractivity contribution in [3.8, 4) is 5.75 Å². The predicted molar refractivity (Wildman–Crippen MR) is 46.9 cm³/mol. The van der Waals surface area contributed by atoms with Crippen molar-refractivity contribution in [2.75, 3.05) is 0 Å². The van der Waals surface area contributed by atoms with Crippen molar-refractivity contribution >= 4 is 28.9 Å². The smallest absolute Gasteiger partial charge is 0.152 e. The van der Waals surface area contributed by atoms with Crippen molar-refractivity contribution in [1.82, 2.24) is 0 Å². The highest BCUT2D eigenvalue weighted by atomic mass is 35.5. The summed E-state index contributed by atoms with van der Waals surface area (Å²) in [4.78, 5) is 2.54. The molecule has 0 spiro atoms. The number of hydrogen-bond acceptors (Lipinski definition) is 2. The molecule has 0 aliphatic rings. The zero-order valence-electron chi connectivity index (χ0n) is 5.70. The Morgan fingerprint density at radius 2 is 1.83 bits per heavy atom. The number of hydrogen-bond donors (Lipinski definition) is 1. The van der Waals surface area contributed by atoms with Gasteiger partial charge in [-0.25, -0.2) is 0 Å². The number of benzene rings is 1. The molecule has 0 amide bonds. The third-order valence-electron chi connectivity index (χ3n) is 1.16. The first kappa shape index (κ1) is 9.00. The zero-order chi connectivity index (χ0) is 9.14. The zero-order valence-corrected chi connectivity index (χ0v) is 7.21. The van der Waals surface area contributed by atoms with Crippen LogP contribution in [0.5, 0.6) is 5.75 Å². The monoisotopic (exact) mass is 203 g/mol. The molecule has 0 saturated heterocycles. The fourth-order valence-corrected chi connectivity index (χ4v) is 1.14. The lowest BCUT2D eigenvalue weighted by Gasteiger charge is -1.99. The van der Waals surface area contributed by atoms with Crippen molar-refractivity contribution in [2.45, 2.75) is 0 Å². The summed E-state index contributed by atoms with van der Waals surface area (Å²) < 4.78 is 0. The molecule has 0 fully saturated rings. The summed E-state index contributed by atoms with van der Waals surface area (Å²) in [5.41, 5.74) is 8.35. The van der Waals surface area contributed by atoms with Crippen molar-refractivity contribution in [3.63, 3.8) is 0 Å². The Hall–Kier alpha value is -1.09. The molecule has 0 unspecified atom stereocenters. The van der Waals surface area contributed by atoms with Gasteiger partial charge in [-0.3, -0.25) is 0 Å². The van der Waals surface area contributed by atoms with Gasteiger partial charge in [0.05, 0.1) is 10.0 Å². The van der Waals surface area contributed by atoms with Crippen LogP contribution < -0.4 is 0 Å². The van der Waals surface area contributed by atoms with Gasteiger partial charge in [-0.2, -0.15) is 0 Å². The molecule has 1 N–H and O–H groups in total. The van der Waals surface area contributed by atoms with Gasteiger partial charge in [0.1, 0.15) is 0 Å². The maximum atomic E-state index is 9.10. The molecule has 0 bridgehead atoms. The van der Waals surface area contributed by atoms with E-state index in [-0.39, 0.29) is 21.5 Å². The van der Waals surface area contributed by atoms with Crippen LogP contribution in [0.15, 0.2) is 17.2 Å². The molecule has 1 rings (SSSR count). The highest BCUT2D eigenvalue weighted by molar-refractivity contribution is 6.37. The highest BCUT2D eigenvalue weighted by Gasteiger charge is 2.04. The topological polar surface area (TPSA) is 69.0 Å². The SMILES string of the molecule is [N-]=[N+]=Nc1cc(Cl)c(O)c(Cl)c1. The highest BCUT2D eigenvalue weighted by Crippen LogP contribution is 2.35. The summed E-state index contributed by atoms with van der Waals surface area (Å²) in [6, 6.07) is 2.64. The number of rotatable bonds is 1. The quantitative estimate of drug-likeness (QED) is 0.423. The summed E-state index contributed by atoms with van der Waals surface area (Å²) in [5, 5.41) is 12.5. The van der Waals surface area contributed by atoms with E-state index in [2.05, 4.69) is 10.0 Å². The second-order valence-corrected chi connectivity index (χ2v) is 2.76. The van der Waals surface area contributed by atoms with Crippen LogP contribution in [0, 0.1) is 0 Å². The molecule has 1 aromatic carbocycles. The van der Waals surface area contributed by atoms with Crippen LogP contribution in [0.1, 0.15) is 0 Å². The summed E-state index contributed by atoms with van der Waals surface area (Å²) in [6.07, 6.45) is 0. The van der Waals surface area contributed by atoms with Gasteiger partial charge in [-0.15, -0.1) is 0 Å². The molecule has 0 atom stereocenters. The van der Waals surface area contributed by atoms with Gasteiger partial charge < -0.3 is 5.11 Å². The van der Waals surface area contributed by atoms with E-state index in [4.69, 9.17) is 33.8 Å². The van der Waals surface area contributed by atoms with Gasteiger partial charge in [-0.1, -0.05) is 28.3 Å². The van der Waals surface area contributed by atoms with Crippen LogP contribution in [0.25, 0.3) is 10.4 Å². The minimum Gasteiger partial charge on any atom is -0.505 e. The lowest BCUT2D eigenvalue weighted by atomic mass is 10.3. The van der Waals surface area contributed by atoms with E-state index in [1.54, 1.807) is 0 Å². The van der Waals surface area contributed by atoms with Gasteiger partial charge in [-0.05, 0) is 17.7 Å². The Morgan fingerprint density at radius 3 is 2.25 bits per heavy atom. The molecule has 0 aliphatic carbocycles. The number of aromatic hydroxyl groups is 1. The van der Waals surface area contributed by atoms with E-state index in [1.807, 2.05) is 0 Å².